The van der Waals surface area contributed by atoms with E-state index in [1.165, 1.54) is 6.07 Å². The summed E-state index contributed by atoms with van der Waals surface area (Å²) < 4.78 is 53.2. The van der Waals surface area contributed by atoms with E-state index < -0.39 is 29.7 Å². The van der Waals surface area contributed by atoms with Crippen molar-refractivity contribution in [2.75, 3.05) is 5.32 Å². The van der Waals surface area contributed by atoms with E-state index in [0.717, 1.165) is 25.0 Å². The Morgan fingerprint density at radius 3 is 2.54 bits per heavy atom. The van der Waals surface area contributed by atoms with Crippen molar-refractivity contribution in [2.45, 2.75) is 25.3 Å². The highest BCUT2D eigenvalue weighted by Gasteiger charge is 2.27. The van der Waals surface area contributed by atoms with Crippen LogP contribution in [0.1, 0.15) is 35.3 Å². The molecule has 1 aromatic carbocycles. The minimum atomic E-state index is -2.95. The van der Waals surface area contributed by atoms with Crippen LogP contribution in [0.5, 0.6) is 0 Å². The summed E-state index contributed by atoms with van der Waals surface area (Å²) in [4.78, 5) is 11.6. The molecule has 3 N–H and O–H groups in total. The molecule has 1 amide bonds. The third kappa shape index (κ3) is 3.01. The van der Waals surface area contributed by atoms with Crippen LogP contribution < -0.4 is 11.1 Å². The van der Waals surface area contributed by atoms with Gasteiger partial charge < -0.3 is 11.1 Å². The van der Waals surface area contributed by atoms with E-state index in [0.29, 0.717) is 0 Å². The molecule has 1 fully saturated rings. The Morgan fingerprint density at radius 2 is 1.96 bits per heavy atom. The summed E-state index contributed by atoms with van der Waals surface area (Å²) in [6, 6.07) is 2.83. The van der Waals surface area contributed by atoms with E-state index in [9.17, 15) is 22.4 Å². The van der Waals surface area contributed by atoms with Crippen molar-refractivity contribution in [1.82, 2.24) is 10.2 Å². The Morgan fingerprint density at radius 1 is 1.25 bits per heavy atom. The molecule has 0 unspecified atom stereocenters. The topological polar surface area (TPSA) is 80.9 Å². The van der Waals surface area contributed by atoms with Crippen LogP contribution in [0.2, 0.25) is 0 Å². The highest BCUT2D eigenvalue weighted by atomic mass is 19.3. The predicted molar refractivity (Wildman–Crippen MR) is 77.5 cm³/mol. The minimum Gasteiger partial charge on any atom is -0.379 e. The van der Waals surface area contributed by atoms with Crippen LogP contribution in [0.15, 0.2) is 18.2 Å². The van der Waals surface area contributed by atoms with Crippen LogP contribution >= 0.6 is 0 Å². The van der Waals surface area contributed by atoms with Crippen molar-refractivity contribution >= 4 is 11.6 Å². The summed E-state index contributed by atoms with van der Waals surface area (Å²) in [6.45, 7) is 0. The monoisotopic (exact) mass is 340 g/mol. The van der Waals surface area contributed by atoms with Crippen molar-refractivity contribution < 1.29 is 22.4 Å². The first-order chi connectivity index (χ1) is 11.4. The van der Waals surface area contributed by atoms with Crippen molar-refractivity contribution in [3.63, 3.8) is 0 Å². The molecule has 0 radical (unpaired) electrons. The number of benzene rings is 1. The normalized spacial score (nSPS) is 14.0. The number of alkyl halides is 2. The number of nitrogens with two attached hydrogens (primary N) is 1. The average Bonchev–Trinajstić information content (AvgIpc) is 3.35. The first kappa shape index (κ1) is 16.2. The molecule has 1 saturated carbocycles. The van der Waals surface area contributed by atoms with Crippen molar-refractivity contribution in [1.29, 1.82) is 0 Å². The Kier molecular flexibility index (Phi) is 4.08. The van der Waals surface area contributed by atoms with Gasteiger partial charge in [-0.05, 0) is 31.0 Å². The number of hydrogen-bond acceptors (Lipinski definition) is 4. The van der Waals surface area contributed by atoms with Crippen molar-refractivity contribution in [2.24, 2.45) is 5.73 Å². The largest absolute Gasteiger partial charge is 0.379 e. The second-order valence-corrected chi connectivity index (χ2v) is 5.40. The molecule has 0 saturated heterocycles. The molecule has 0 spiro atoms. The molecule has 1 aliphatic rings. The molecule has 1 aromatic heterocycles. The lowest BCUT2D eigenvalue weighted by Crippen LogP contribution is -2.16. The Bertz CT molecular complexity index is 808. The summed E-state index contributed by atoms with van der Waals surface area (Å²) in [6.07, 6.45) is -1.37. The van der Waals surface area contributed by atoms with E-state index >= 15 is 0 Å². The Hall–Kier alpha value is -2.71. The Balaban J connectivity index is 2.17. The number of primary amides is 1. The molecule has 126 valence electrons. The second-order valence-electron chi connectivity index (χ2n) is 5.40. The van der Waals surface area contributed by atoms with Crippen LogP contribution in [-0.4, -0.2) is 22.1 Å². The molecule has 1 aliphatic carbocycles. The maximum Gasteiger partial charge on any atom is 0.282 e. The molecule has 2 aromatic rings. The molecule has 24 heavy (non-hydrogen) atoms. The number of hydrogen-bond donors (Lipinski definition) is 2. The van der Waals surface area contributed by atoms with Gasteiger partial charge in [0.15, 0.2) is 11.6 Å². The molecule has 0 atom stereocenters. The maximum atomic E-state index is 14.2. The highest BCUT2D eigenvalue weighted by molar-refractivity contribution is 6.00. The van der Waals surface area contributed by atoms with Gasteiger partial charge in [-0.2, -0.15) is 0 Å². The molecule has 0 bridgehead atoms. The molecule has 3 rings (SSSR count). The number of amides is 1. The lowest BCUT2D eigenvalue weighted by Gasteiger charge is -2.14. The number of nitrogens with one attached hydrogen (secondary N) is 1. The quantitative estimate of drug-likeness (QED) is 0.820. The third-order valence-corrected chi connectivity index (χ3v) is 3.58. The fourth-order valence-corrected chi connectivity index (χ4v) is 2.22. The van der Waals surface area contributed by atoms with Crippen molar-refractivity contribution in [3.05, 3.63) is 41.1 Å². The number of anilines is 1. The van der Waals surface area contributed by atoms with E-state index in [1.807, 2.05) is 0 Å². The zero-order chi connectivity index (χ0) is 17.4. The molecular formula is C15H12F4N4O. The van der Waals surface area contributed by atoms with Crippen LogP contribution in [0, 0.1) is 11.6 Å². The van der Waals surface area contributed by atoms with E-state index in [4.69, 9.17) is 5.73 Å². The minimum absolute atomic E-state index is 0.0228. The third-order valence-electron chi connectivity index (χ3n) is 3.58. The zero-order valence-corrected chi connectivity index (χ0v) is 12.2. The summed E-state index contributed by atoms with van der Waals surface area (Å²) in [5.74, 6) is -3.25. The lowest BCUT2D eigenvalue weighted by atomic mass is 10.0. The number of nitrogens with zero attached hydrogens (tertiary/aromatic N) is 2. The second kappa shape index (κ2) is 6.06. The first-order valence-corrected chi connectivity index (χ1v) is 7.09. The van der Waals surface area contributed by atoms with Gasteiger partial charge >= 0.3 is 0 Å². The molecule has 1 heterocycles. The number of carbonyl (C=O) groups is 1. The summed E-state index contributed by atoms with van der Waals surface area (Å²) >= 11 is 0. The summed E-state index contributed by atoms with van der Waals surface area (Å²) in [5, 5.41) is 9.74. The van der Waals surface area contributed by atoms with Gasteiger partial charge in [0.25, 0.3) is 12.3 Å². The van der Waals surface area contributed by atoms with E-state index in [-0.39, 0.29) is 28.6 Å². The number of aromatic nitrogens is 2. The zero-order valence-electron chi connectivity index (χ0n) is 12.2. The first-order valence-electron chi connectivity index (χ1n) is 7.09. The maximum absolute atomic E-state index is 14.2. The Labute approximate surface area is 133 Å². The highest BCUT2D eigenvalue weighted by Crippen LogP contribution is 2.36. The summed E-state index contributed by atoms with van der Waals surface area (Å²) in [7, 11) is 0. The van der Waals surface area contributed by atoms with Gasteiger partial charge in [-0.15, -0.1) is 10.2 Å². The standard InChI is InChI=1S/C15H12F4N4O/c16-9-4-3-7(13(11(9)17)21-6-1-2-6)12-8(15(20)24)5-10(14(18)19)22-23-12/h3-6,14,21H,1-2H2,(H2,20,24). The van der Waals surface area contributed by atoms with E-state index in [1.54, 1.807) is 0 Å². The predicted octanol–water partition coefficient (Wildman–Crippen LogP) is 3.03. The fourth-order valence-electron chi connectivity index (χ4n) is 2.22. The van der Waals surface area contributed by atoms with Gasteiger partial charge in [0.1, 0.15) is 11.4 Å². The van der Waals surface area contributed by atoms with Gasteiger partial charge in [0.2, 0.25) is 0 Å². The van der Waals surface area contributed by atoms with Gasteiger partial charge in [-0.1, -0.05) is 0 Å². The van der Waals surface area contributed by atoms with Crippen LogP contribution in [-0.2, 0) is 0 Å². The lowest BCUT2D eigenvalue weighted by molar-refractivity contribution is 0.0999. The van der Waals surface area contributed by atoms with Gasteiger partial charge in [-0.3, -0.25) is 4.79 Å². The number of rotatable bonds is 5. The molecular weight excluding hydrogens is 328 g/mol. The SMILES string of the molecule is NC(=O)c1cc(C(F)F)nnc1-c1ccc(F)c(F)c1NC1CC1. The van der Waals surface area contributed by atoms with Gasteiger partial charge in [0.05, 0.1) is 11.3 Å². The van der Waals surface area contributed by atoms with Gasteiger partial charge in [-0.25, -0.2) is 17.6 Å². The van der Waals surface area contributed by atoms with Crippen LogP contribution in [0.3, 0.4) is 0 Å². The van der Waals surface area contributed by atoms with Gasteiger partial charge in [0, 0.05) is 11.6 Å². The average molecular weight is 340 g/mol. The van der Waals surface area contributed by atoms with Crippen molar-refractivity contribution in [3.8, 4) is 11.3 Å². The molecule has 9 heteroatoms. The smallest absolute Gasteiger partial charge is 0.282 e. The summed E-state index contributed by atoms with van der Waals surface area (Å²) in [5.41, 5.74) is 3.79. The number of halogens is 4. The van der Waals surface area contributed by atoms with Crippen LogP contribution in [0.4, 0.5) is 23.2 Å². The van der Waals surface area contributed by atoms with E-state index in [2.05, 4.69) is 15.5 Å². The fraction of sp³-hybridized carbons (Fsp3) is 0.267. The molecule has 0 aliphatic heterocycles. The molecule has 5 nitrogen and oxygen atoms in total. The number of carbonyl (C=O) groups excluding carboxylic acids is 1. The van der Waals surface area contributed by atoms with Crippen LogP contribution in [0.25, 0.3) is 11.3 Å².